The van der Waals surface area contributed by atoms with Gasteiger partial charge in [-0.1, -0.05) is 19.8 Å². The topological polar surface area (TPSA) is 46.3 Å². The average molecular weight is 198 g/mol. The molecule has 0 aliphatic heterocycles. The zero-order chi connectivity index (χ0) is 10.6. The van der Waals surface area contributed by atoms with Gasteiger partial charge in [-0.3, -0.25) is 4.79 Å². The predicted molar refractivity (Wildman–Crippen MR) is 57.9 cm³/mol. The van der Waals surface area contributed by atoms with Crippen LogP contribution in [0.25, 0.3) is 0 Å². The molecule has 1 saturated carbocycles. The molecule has 0 spiro atoms. The standard InChI is InChI=1S/C11H22N2O/c1-3-4-5-9-13(2)10(14)11(12)7-6-8-11/h3-9,12H2,1-2H3. The van der Waals surface area contributed by atoms with E-state index in [1.807, 2.05) is 7.05 Å². The number of nitrogens with two attached hydrogens (primary N) is 1. The van der Waals surface area contributed by atoms with Crippen molar-refractivity contribution in [3.05, 3.63) is 0 Å². The molecule has 0 unspecified atom stereocenters. The second kappa shape index (κ2) is 4.78. The van der Waals surface area contributed by atoms with Crippen molar-refractivity contribution in [3.8, 4) is 0 Å². The Morgan fingerprint density at radius 1 is 1.43 bits per heavy atom. The lowest BCUT2D eigenvalue weighted by Crippen LogP contribution is -2.58. The Labute approximate surface area is 86.6 Å². The van der Waals surface area contributed by atoms with Crippen LogP contribution in [0, 0.1) is 0 Å². The van der Waals surface area contributed by atoms with Crippen LogP contribution in [-0.4, -0.2) is 29.9 Å². The molecule has 0 radical (unpaired) electrons. The molecule has 0 aromatic carbocycles. The van der Waals surface area contributed by atoms with Crippen LogP contribution in [0.15, 0.2) is 0 Å². The fraction of sp³-hybridized carbons (Fsp3) is 0.909. The Bertz CT molecular complexity index is 199. The highest BCUT2D eigenvalue weighted by molar-refractivity contribution is 5.86. The highest BCUT2D eigenvalue weighted by Gasteiger charge is 2.41. The Kier molecular flexibility index (Phi) is 3.93. The summed E-state index contributed by atoms with van der Waals surface area (Å²) in [5.41, 5.74) is 5.45. The largest absolute Gasteiger partial charge is 0.344 e. The Morgan fingerprint density at radius 3 is 2.50 bits per heavy atom. The maximum atomic E-state index is 11.8. The number of rotatable bonds is 5. The first-order valence-corrected chi connectivity index (χ1v) is 5.64. The van der Waals surface area contributed by atoms with Gasteiger partial charge in [-0.05, 0) is 25.7 Å². The van der Waals surface area contributed by atoms with Gasteiger partial charge in [0.2, 0.25) is 5.91 Å². The van der Waals surface area contributed by atoms with Crippen molar-refractivity contribution < 1.29 is 4.79 Å². The minimum Gasteiger partial charge on any atom is -0.344 e. The zero-order valence-corrected chi connectivity index (χ0v) is 9.38. The number of carbonyl (C=O) groups is 1. The second-order valence-corrected chi connectivity index (χ2v) is 4.44. The molecule has 0 bridgehead atoms. The van der Waals surface area contributed by atoms with Crippen LogP contribution in [0.5, 0.6) is 0 Å². The lowest BCUT2D eigenvalue weighted by Gasteiger charge is -2.39. The SMILES string of the molecule is CCCCCN(C)C(=O)C1(N)CCC1. The van der Waals surface area contributed by atoms with Gasteiger partial charge in [0.25, 0.3) is 0 Å². The number of carbonyl (C=O) groups excluding carboxylic acids is 1. The molecule has 1 fully saturated rings. The molecular weight excluding hydrogens is 176 g/mol. The van der Waals surface area contributed by atoms with Crippen molar-refractivity contribution >= 4 is 5.91 Å². The Balaban J connectivity index is 2.29. The molecule has 0 aromatic heterocycles. The molecule has 3 nitrogen and oxygen atoms in total. The van der Waals surface area contributed by atoms with Crippen LogP contribution in [-0.2, 0) is 4.79 Å². The summed E-state index contributed by atoms with van der Waals surface area (Å²) < 4.78 is 0. The number of hydrogen-bond donors (Lipinski definition) is 1. The van der Waals surface area contributed by atoms with Crippen molar-refractivity contribution in [3.63, 3.8) is 0 Å². The maximum Gasteiger partial charge on any atom is 0.242 e. The predicted octanol–water partition coefficient (Wildman–Crippen LogP) is 1.52. The van der Waals surface area contributed by atoms with Crippen LogP contribution >= 0.6 is 0 Å². The van der Waals surface area contributed by atoms with Crippen molar-refractivity contribution in [2.24, 2.45) is 5.73 Å². The van der Waals surface area contributed by atoms with E-state index in [2.05, 4.69) is 6.92 Å². The summed E-state index contributed by atoms with van der Waals surface area (Å²) in [4.78, 5) is 13.6. The normalized spacial score (nSPS) is 18.8. The third-order valence-corrected chi connectivity index (χ3v) is 3.12. The van der Waals surface area contributed by atoms with Gasteiger partial charge >= 0.3 is 0 Å². The van der Waals surface area contributed by atoms with E-state index in [0.717, 1.165) is 32.2 Å². The highest BCUT2D eigenvalue weighted by Crippen LogP contribution is 2.30. The van der Waals surface area contributed by atoms with Gasteiger partial charge < -0.3 is 10.6 Å². The number of likely N-dealkylation sites (N-methyl/N-ethyl adjacent to an activating group) is 1. The summed E-state index contributed by atoms with van der Waals surface area (Å²) in [6, 6.07) is 0. The van der Waals surface area contributed by atoms with Crippen LogP contribution in [0.4, 0.5) is 0 Å². The first-order valence-electron chi connectivity index (χ1n) is 5.64. The summed E-state index contributed by atoms with van der Waals surface area (Å²) in [6.45, 7) is 3.02. The summed E-state index contributed by atoms with van der Waals surface area (Å²) in [5.74, 6) is 0.139. The summed E-state index contributed by atoms with van der Waals surface area (Å²) in [6.07, 6.45) is 6.30. The van der Waals surface area contributed by atoms with Crippen LogP contribution in [0.3, 0.4) is 0 Å². The van der Waals surface area contributed by atoms with Gasteiger partial charge in [0.1, 0.15) is 0 Å². The van der Waals surface area contributed by atoms with E-state index in [1.165, 1.54) is 12.8 Å². The van der Waals surface area contributed by atoms with Gasteiger partial charge in [0, 0.05) is 13.6 Å². The fourth-order valence-electron chi connectivity index (χ4n) is 1.85. The fourth-order valence-corrected chi connectivity index (χ4v) is 1.85. The zero-order valence-electron chi connectivity index (χ0n) is 9.38. The first-order chi connectivity index (χ1) is 6.60. The quantitative estimate of drug-likeness (QED) is 0.681. The van der Waals surface area contributed by atoms with E-state index in [9.17, 15) is 4.79 Å². The summed E-state index contributed by atoms with van der Waals surface area (Å²) >= 11 is 0. The number of amides is 1. The molecule has 14 heavy (non-hydrogen) atoms. The van der Waals surface area contributed by atoms with Crippen molar-refractivity contribution in [2.75, 3.05) is 13.6 Å². The van der Waals surface area contributed by atoms with E-state index in [0.29, 0.717) is 0 Å². The molecular formula is C11H22N2O. The average Bonchev–Trinajstić information content (AvgIpc) is 2.13. The molecule has 0 heterocycles. The lowest BCUT2D eigenvalue weighted by molar-refractivity contribution is -0.138. The van der Waals surface area contributed by atoms with Crippen LogP contribution in [0.2, 0.25) is 0 Å². The molecule has 2 N–H and O–H groups in total. The summed E-state index contributed by atoms with van der Waals surface area (Å²) in [7, 11) is 1.87. The molecule has 1 amide bonds. The minimum atomic E-state index is -0.513. The van der Waals surface area contributed by atoms with Gasteiger partial charge in [0.15, 0.2) is 0 Å². The van der Waals surface area contributed by atoms with Crippen molar-refractivity contribution in [1.29, 1.82) is 0 Å². The molecule has 3 heteroatoms. The lowest BCUT2D eigenvalue weighted by atomic mass is 9.76. The second-order valence-electron chi connectivity index (χ2n) is 4.44. The Hall–Kier alpha value is -0.570. The Morgan fingerprint density at radius 2 is 2.07 bits per heavy atom. The molecule has 1 aliphatic carbocycles. The van der Waals surface area contributed by atoms with E-state index < -0.39 is 5.54 Å². The van der Waals surface area contributed by atoms with Crippen LogP contribution in [0.1, 0.15) is 45.4 Å². The van der Waals surface area contributed by atoms with Crippen LogP contribution < -0.4 is 5.73 Å². The number of nitrogens with zero attached hydrogens (tertiary/aromatic N) is 1. The van der Waals surface area contributed by atoms with Gasteiger partial charge in [-0.2, -0.15) is 0 Å². The minimum absolute atomic E-state index is 0.139. The third-order valence-electron chi connectivity index (χ3n) is 3.12. The molecule has 1 aliphatic rings. The van der Waals surface area contributed by atoms with E-state index in [-0.39, 0.29) is 5.91 Å². The first kappa shape index (κ1) is 11.5. The van der Waals surface area contributed by atoms with Gasteiger partial charge in [0.05, 0.1) is 5.54 Å². The van der Waals surface area contributed by atoms with E-state index in [4.69, 9.17) is 5.73 Å². The number of hydrogen-bond acceptors (Lipinski definition) is 2. The molecule has 0 saturated heterocycles. The monoisotopic (exact) mass is 198 g/mol. The highest BCUT2D eigenvalue weighted by atomic mass is 16.2. The molecule has 1 rings (SSSR count). The third kappa shape index (κ3) is 2.47. The van der Waals surface area contributed by atoms with Gasteiger partial charge in [-0.15, -0.1) is 0 Å². The molecule has 82 valence electrons. The summed E-state index contributed by atoms with van der Waals surface area (Å²) in [5, 5.41) is 0. The van der Waals surface area contributed by atoms with Crippen molar-refractivity contribution in [2.45, 2.75) is 51.0 Å². The smallest absolute Gasteiger partial charge is 0.242 e. The van der Waals surface area contributed by atoms with Crippen molar-refractivity contribution in [1.82, 2.24) is 4.90 Å². The maximum absolute atomic E-state index is 11.8. The van der Waals surface area contributed by atoms with Gasteiger partial charge in [-0.25, -0.2) is 0 Å². The molecule has 0 aromatic rings. The van der Waals surface area contributed by atoms with E-state index >= 15 is 0 Å². The number of unbranched alkanes of at least 4 members (excludes halogenated alkanes) is 2. The molecule has 0 atom stereocenters. The van der Waals surface area contributed by atoms with E-state index in [1.54, 1.807) is 4.90 Å².